The fourth-order valence-corrected chi connectivity index (χ4v) is 3.55. The van der Waals surface area contributed by atoms with Gasteiger partial charge in [0.15, 0.2) is 0 Å². The summed E-state index contributed by atoms with van der Waals surface area (Å²) in [6.45, 7) is 2.44. The van der Waals surface area contributed by atoms with Gasteiger partial charge in [-0.05, 0) is 68.0 Å². The second kappa shape index (κ2) is 9.00. The Bertz CT molecular complexity index is 802. The van der Waals surface area contributed by atoms with Gasteiger partial charge in [-0.2, -0.15) is 0 Å². The SMILES string of the molecule is Cc1ccc(NC(=O)C2CCC(C(=O)NCc3ccncc3)CC2)cc1Cl. The molecule has 0 aliphatic heterocycles. The van der Waals surface area contributed by atoms with Crippen molar-refractivity contribution in [2.45, 2.75) is 39.2 Å². The predicted molar refractivity (Wildman–Crippen MR) is 106 cm³/mol. The van der Waals surface area contributed by atoms with Crippen molar-refractivity contribution in [1.29, 1.82) is 0 Å². The van der Waals surface area contributed by atoms with Crippen molar-refractivity contribution >= 4 is 29.1 Å². The van der Waals surface area contributed by atoms with Crippen LogP contribution in [0.5, 0.6) is 0 Å². The molecule has 2 amide bonds. The van der Waals surface area contributed by atoms with E-state index < -0.39 is 0 Å². The zero-order valence-electron chi connectivity index (χ0n) is 15.4. The predicted octanol–water partition coefficient (Wildman–Crippen LogP) is 4.10. The fraction of sp³-hybridized carbons (Fsp3) is 0.381. The Hall–Kier alpha value is -2.40. The molecule has 0 radical (unpaired) electrons. The molecule has 0 spiro atoms. The van der Waals surface area contributed by atoms with Gasteiger partial charge in [0, 0.05) is 41.5 Å². The minimum atomic E-state index is -0.0608. The van der Waals surface area contributed by atoms with E-state index in [9.17, 15) is 9.59 Å². The molecule has 0 saturated heterocycles. The van der Waals surface area contributed by atoms with Crippen LogP contribution in [0.15, 0.2) is 42.7 Å². The number of aromatic nitrogens is 1. The number of carbonyl (C=O) groups excluding carboxylic acids is 2. The van der Waals surface area contributed by atoms with E-state index in [-0.39, 0.29) is 23.7 Å². The van der Waals surface area contributed by atoms with Gasteiger partial charge in [-0.1, -0.05) is 17.7 Å². The number of hydrogen-bond acceptors (Lipinski definition) is 3. The number of carbonyl (C=O) groups is 2. The summed E-state index contributed by atoms with van der Waals surface area (Å²) in [4.78, 5) is 28.8. The first kappa shape index (κ1) is 19.4. The molecule has 2 N–H and O–H groups in total. The topological polar surface area (TPSA) is 71.1 Å². The van der Waals surface area contributed by atoms with Crippen molar-refractivity contribution in [2.24, 2.45) is 11.8 Å². The lowest BCUT2D eigenvalue weighted by Gasteiger charge is -2.27. The minimum Gasteiger partial charge on any atom is -0.352 e. The number of rotatable bonds is 5. The normalized spacial score (nSPS) is 19.3. The average Bonchev–Trinajstić information content (AvgIpc) is 2.70. The van der Waals surface area contributed by atoms with Crippen LogP contribution in [0, 0.1) is 18.8 Å². The lowest BCUT2D eigenvalue weighted by Crippen LogP contribution is -2.35. The molecule has 1 aromatic heterocycles. The molecule has 1 aliphatic carbocycles. The molecule has 1 aromatic carbocycles. The number of halogens is 1. The highest BCUT2D eigenvalue weighted by molar-refractivity contribution is 6.31. The third-order valence-electron chi connectivity index (χ3n) is 5.12. The summed E-state index contributed by atoms with van der Waals surface area (Å²) in [5.74, 6) is -0.0133. The lowest BCUT2D eigenvalue weighted by molar-refractivity contribution is -0.128. The molecule has 3 rings (SSSR count). The molecule has 1 aliphatic rings. The quantitative estimate of drug-likeness (QED) is 0.813. The number of benzene rings is 1. The van der Waals surface area contributed by atoms with E-state index in [1.165, 1.54) is 0 Å². The Labute approximate surface area is 164 Å². The summed E-state index contributed by atoms with van der Waals surface area (Å²) in [5.41, 5.74) is 2.73. The van der Waals surface area contributed by atoms with Gasteiger partial charge in [0.2, 0.25) is 11.8 Å². The standard InChI is InChI=1S/C21H24ClN3O2/c1-14-2-7-18(12-19(14)22)25-21(27)17-5-3-16(4-6-17)20(26)24-13-15-8-10-23-11-9-15/h2,7-12,16-17H,3-6,13H2,1H3,(H,24,26)(H,25,27). The van der Waals surface area contributed by atoms with Crippen molar-refractivity contribution in [2.75, 3.05) is 5.32 Å². The summed E-state index contributed by atoms with van der Waals surface area (Å²) in [7, 11) is 0. The zero-order chi connectivity index (χ0) is 19.2. The van der Waals surface area contributed by atoms with Gasteiger partial charge in [0.25, 0.3) is 0 Å². The van der Waals surface area contributed by atoms with Crippen LogP contribution in [0.2, 0.25) is 5.02 Å². The molecule has 27 heavy (non-hydrogen) atoms. The first-order chi connectivity index (χ1) is 13.0. The van der Waals surface area contributed by atoms with E-state index in [1.54, 1.807) is 18.5 Å². The Balaban J connectivity index is 1.45. The van der Waals surface area contributed by atoms with Crippen LogP contribution < -0.4 is 10.6 Å². The van der Waals surface area contributed by atoms with Gasteiger partial charge >= 0.3 is 0 Å². The van der Waals surface area contributed by atoms with Gasteiger partial charge in [0.05, 0.1) is 0 Å². The van der Waals surface area contributed by atoms with E-state index in [0.717, 1.165) is 36.8 Å². The van der Waals surface area contributed by atoms with Crippen molar-refractivity contribution in [1.82, 2.24) is 10.3 Å². The van der Waals surface area contributed by atoms with Crippen molar-refractivity contribution in [3.63, 3.8) is 0 Å². The summed E-state index contributed by atoms with van der Waals surface area (Å²) in [6.07, 6.45) is 6.33. The summed E-state index contributed by atoms with van der Waals surface area (Å²) >= 11 is 6.11. The number of anilines is 1. The number of hydrogen-bond donors (Lipinski definition) is 2. The molecule has 1 saturated carbocycles. The number of aryl methyl sites for hydroxylation is 1. The van der Waals surface area contributed by atoms with Crippen LogP contribution in [0.1, 0.15) is 36.8 Å². The van der Waals surface area contributed by atoms with Gasteiger partial charge in [-0.25, -0.2) is 0 Å². The van der Waals surface area contributed by atoms with E-state index in [1.807, 2.05) is 31.2 Å². The number of pyridine rings is 1. The second-order valence-electron chi connectivity index (χ2n) is 7.08. The monoisotopic (exact) mass is 385 g/mol. The third-order valence-corrected chi connectivity index (χ3v) is 5.53. The van der Waals surface area contributed by atoms with Crippen molar-refractivity contribution in [3.05, 3.63) is 58.9 Å². The van der Waals surface area contributed by atoms with E-state index >= 15 is 0 Å². The summed E-state index contributed by atoms with van der Waals surface area (Å²) < 4.78 is 0. The highest BCUT2D eigenvalue weighted by Gasteiger charge is 2.29. The molecule has 6 heteroatoms. The molecule has 0 atom stereocenters. The van der Waals surface area contributed by atoms with Crippen molar-refractivity contribution < 1.29 is 9.59 Å². The van der Waals surface area contributed by atoms with Crippen LogP contribution >= 0.6 is 11.6 Å². The molecule has 1 fully saturated rings. The molecule has 1 heterocycles. The molecular weight excluding hydrogens is 362 g/mol. The van der Waals surface area contributed by atoms with Crippen LogP contribution in [-0.4, -0.2) is 16.8 Å². The Morgan fingerprint density at radius 3 is 2.30 bits per heavy atom. The highest BCUT2D eigenvalue weighted by Crippen LogP contribution is 2.30. The average molecular weight is 386 g/mol. The number of amides is 2. The van der Waals surface area contributed by atoms with E-state index in [4.69, 9.17) is 11.6 Å². The molecular formula is C21H24ClN3O2. The molecule has 0 unspecified atom stereocenters. The number of nitrogens with one attached hydrogen (secondary N) is 2. The fourth-order valence-electron chi connectivity index (χ4n) is 3.37. The Morgan fingerprint density at radius 1 is 1.04 bits per heavy atom. The second-order valence-corrected chi connectivity index (χ2v) is 7.48. The van der Waals surface area contributed by atoms with Crippen LogP contribution in [0.4, 0.5) is 5.69 Å². The Morgan fingerprint density at radius 2 is 1.67 bits per heavy atom. The first-order valence-corrected chi connectivity index (χ1v) is 9.64. The van der Waals surface area contributed by atoms with Gasteiger partial charge in [0.1, 0.15) is 0 Å². The maximum absolute atomic E-state index is 12.5. The highest BCUT2D eigenvalue weighted by atomic mass is 35.5. The third kappa shape index (κ3) is 5.30. The minimum absolute atomic E-state index is 0.00515. The van der Waals surface area contributed by atoms with Gasteiger partial charge in [-0.3, -0.25) is 14.6 Å². The molecule has 5 nitrogen and oxygen atoms in total. The van der Waals surface area contributed by atoms with Crippen molar-refractivity contribution in [3.8, 4) is 0 Å². The van der Waals surface area contributed by atoms with E-state index in [0.29, 0.717) is 17.3 Å². The smallest absolute Gasteiger partial charge is 0.227 e. The molecule has 0 bridgehead atoms. The van der Waals surface area contributed by atoms with E-state index in [2.05, 4.69) is 15.6 Å². The number of nitrogens with zero attached hydrogens (tertiary/aromatic N) is 1. The largest absolute Gasteiger partial charge is 0.352 e. The van der Waals surface area contributed by atoms with Crippen LogP contribution in [0.25, 0.3) is 0 Å². The lowest BCUT2D eigenvalue weighted by atomic mass is 9.81. The maximum Gasteiger partial charge on any atom is 0.227 e. The zero-order valence-corrected chi connectivity index (χ0v) is 16.1. The maximum atomic E-state index is 12.5. The Kier molecular flexibility index (Phi) is 6.45. The first-order valence-electron chi connectivity index (χ1n) is 9.26. The van der Waals surface area contributed by atoms with Crippen LogP contribution in [0.3, 0.4) is 0 Å². The summed E-state index contributed by atoms with van der Waals surface area (Å²) in [6, 6.07) is 9.30. The molecule has 142 valence electrons. The van der Waals surface area contributed by atoms with Gasteiger partial charge < -0.3 is 10.6 Å². The van der Waals surface area contributed by atoms with Gasteiger partial charge in [-0.15, -0.1) is 0 Å². The molecule has 2 aromatic rings. The van der Waals surface area contributed by atoms with Crippen LogP contribution in [-0.2, 0) is 16.1 Å². The summed E-state index contributed by atoms with van der Waals surface area (Å²) in [5, 5.41) is 6.56.